The highest BCUT2D eigenvalue weighted by atomic mass is 32.1. The van der Waals surface area contributed by atoms with Gasteiger partial charge in [-0.2, -0.15) is 9.78 Å². The lowest BCUT2D eigenvalue weighted by atomic mass is 9.85. The van der Waals surface area contributed by atoms with Crippen molar-refractivity contribution in [2.75, 3.05) is 11.9 Å². The summed E-state index contributed by atoms with van der Waals surface area (Å²) in [5, 5.41) is 8.57. The van der Waals surface area contributed by atoms with Gasteiger partial charge in [0.1, 0.15) is 11.6 Å². The first-order valence-corrected chi connectivity index (χ1v) is 10.9. The van der Waals surface area contributed by atoms with E-state index in [-0.39, 0.29) is 11.8 Å². The first-order valence-electron chi connectivity index (χ1n) is 10.0. The summed E-state index contributed by atoms with van der Waals surface area (Å²) in [4.78, 5) is 17.4. The maximum atomic E-state index is 12.7. The molecule has 0 spiro atoms. The summed E-state index contributed by atoms with van der Waals surface area (Å²) in [6.45, 7) is 6.60. The maximum Gasteiger partial charge on any atom is 0.226 e. The van der Waals surface area contributed by atoms with Gasteiger partial charge < -0.3 is 10.1 Å². The molecule has 7 heteroatoms. The number of nitrogens with zero attached hydrogens (tertiary/aromatic N) is 3. The molecule has 5 rings (SSSR count). The van der Waals surface area contributed by atoms with Crippen LogP contribution in [0.15, 0.2) is 42.5 Å². The van der Waals surface area contributed by atoms with Crippen LogP contribution in [0.1, 0.15) is 41.6 Å². The van der Waals surface area contributed by atoms with Crippen molar-refractivity contribution < 1.29 is 9.53 Å². The van der Waals surface area contributed by atoms with Crippen LogP contribution in [-0.2, 0) is 4.79 Å². The molecule has 0 aliphatic carbocycles. The standard InChI is InChI=1S/C23H22N4O2S/c1-4-29-18-8-6-5-7-15(18)16-12-20(28)25-22-21(16)14(3)26-27(22)23-24-17-10-9-13(2)11-19(17)30-23/h5-11,16H,4,12H2,1-3H3,(H,25,28)/t16-/m0/s1. The number of benzene rings is 2. The summed E-state index contributed by atoms with van der Waals surface area (Å²) in [6.07, 6.45) is 0.364. The van der Waals surface area contributed by atoms with Gasteiger partial charge in [-0.25, -0.2) is 4.98 Å². The number of hydrogen-bond acceptors (Lipinski definition) is 5. The van der Waals surface area contributed by atoms with Crippen molar-refractivity contribution in [2.24, 2.45) is 0 Å². The van der Waals surface area contributed by atoms with Gasteiger partial charge in [0.05, 0.1) is 22.5 Å². The number of rotatable bonds is 4. The topological polar surface area (TPSA) is 69.0 Å². The maximum absolute atomic E-state index is 12.7. The summed E-state index contributed by atoms with van der Waals surface area (Å²) in [5.41, 5.74) is 5.05. The van der Waals surface area contributed by atoms with E-state index >= 15 is 0 Å². The third-order valence-electron chi connectivity index (χ3n) is 5.41. The predicted molar refractivity (Wildman–Crippen MR) is 119 cm³/mol. The molecule has 152 valence electrons. The molecule has 1 N–H and O–H groups in total. The molecular weight excluding hydrogens is 396 g/mol. The molecule has 0 saturated carbocycles. The summed E-state index contributed by atoms with van der Waals surface area (Å²) in [6, 6.07) is 14.1. The second-order valence-electron chi connectivity index (χ2n) is 7.50. The molecule has 4 aromatic rings. The number of carbonyl (C=O) groups is 1. The molecule has 0 fully saturated rings. The molecule has 6 nitrogen and oxygen atoms in total. The van der Waals surface area contributed by atoms with Gasteiger partial charge in [0, 0.05) is 23.5 Å². The number of carbonyl (C=O) groups excluding carboxylic acids is 1. The Labute approximate surface area is 178 Å². The minimum atomic E-state index is -0.109. The fraction of sp³-hybridized carbons (Fsp3) is 0.261. The molecule has 1 atom stereocenters. The molecule has 2 aromatic heterocycles. The van der Waals surface area contributed by atoms with Crippen LogP contribution < -0.4 is 10.1 Å². The van der Waals surface area contributed by atoms with Crippen LogP contribution in [0.3, 0.4) is 0 Å². The Kier molecular flexibility index (Phi) is 4.55. The molecule has 1 amide bonds. The Bertz CT molecular complexity index is 1270. The normalized spacial score (nSPS) is 15.8. The second-order valence-corrected chi connectivity index (χ2v) is 8.51. The molecule has 1 aliphatic rings. The summed E-state index contributed by atoms with van der Waals surface area (Å²) >= 11 is 1.57. The fourth-order valence-corrected chi connectivity index (χ4v) is 5.14. The zero-order valence-corrected chi connectivity index (χ0v) is 17.9. The zero-order chi connectivity index (χ0) is 20.8. The lowest BCUT2D eigenvalue weighted by molar-refractivity contribution is -0.116. The van der Waals surface area contributed by atoms with Crippen LogP contribution in [0.4, 0.5) is 5.82 Å². The number of para-hydroxylation sites is 1. The fourth-order valence-electron chi connectivity index (χ4n) is 4.12. The summed E-state index contributed by atoms with van der Waals surface area (Å²) < 4.78 is 8.73. The first kappa shape index (κ1) is 18.8. The third-order valence-corrected chi connectivity index (χ3v) is 6.40. The number of anilines is 1. The van der Waals surface area contributed by atoms with Gasteiger partial charge in [-0.05, 0) is 44.5 Å². The van der Waals surface area contributed by atoms with Gasteiger partial charge in [0.15, 0.2) is 0 Å². The number of thiazole rings is 1. The first-order chi connectivity index (χ1) is 14.5. The lowest BCUT2D eigenvalue weighted by Crippen LogP contribution is -2.25. The Morgan fingerprint density at radius 1 is 1.23 bits per heavy atom. The average molecular weight is 419 g/mol. The van der Waals surface area contributed by atoms with Gasteiger partial charge in [-0.3, -0.25) is 4.79 Å². The van der Waals surface area contributed by atoms with Gasteiger partial charge in [0.25, 0.3) is 0 Å². The van der Waals surface area contributed by atoms with E-state index in [0.717, 1.165) is 37.9 Å². The smallest absolute Gasteiger partial charge is 0.226 e. The third kappa shape index (κ3) is 3.06. The number of nitrogens with one attached hydrogen (secondary N) is 1. The molecule has 0 unspecified atom stereocenters. The number of fused-ring (bicyclic) bond motifs is 2. The van der Waals surface area contributed by atoms with Crippen LogP contribution >= 0.6 is 11.3 Å². The van der Waals surface area contributed by atoms with Crippen molar-refractivity contribution in [3.05, 3.63) is 64.8 Å². The molecule has 0 saturated heterocycles. The average Bonchev–Trinajstić information content (AvgIpc) is 3.28. The SMILES string of the molecule is CCOc1ccccc1[C@@H]1CC(=O)Nc2c1c(C)nn2-c1nc2ccc(C)cc2s1. The number of hydrogen-bond donors (Lipinski definition) is 1. The molecule has 1 aliphatic heterocycles. The molecule has 3 heterocycles. The van der Waals surface area contributed by atoms with Gasteiger partial charge in [-0.15, -0.1) is 0 Å². The van der Waals surface area contributed by atoms with Crippen LogP contribution in [0, 0.1) is 13.8 Å². The highest BCUT2D eigenvalue weighted by molar-refractivity contribution is 7.20. The molecule has 30 heavy (non-hydrogen) atoms. The Hall–Kier alpha value is -3.19. The van der Waals surface area contributed by atoms with Crippen molar-refractivity contribution >= 4 is 33.3 Å². The molecule has 2 aromatic carbocycles. The summed E-state index contributed by atoms with van der Waals surface area (Å²) in [5.74, 6) is 1.38. The van der Waals surface area contributed by atoms with E-state index in [0.29, 0.717) is 18.8 Å². The minimum absolute atomic E-state index is 0.0306. The van der Waals surface area contributed by atoms with Gasteiger partial charge >= 0.3 is 0 Å². The summed E-state index contributed by atoms with van der Waals surface area (Å²) in [7, 11) is 0. The minimum Gasteiger partial charge on any atom is -0.494 e. The largest absolute Gasteiger partial charge is 0.494 e. The van der Waals surface area contributed by atoms with E-state index in [1.807, 2.05) is 44.2 Å². The zero-order valence-electron chi connectivity index (χ0n) is 17.1. The van der Waals surface area contributed by atoms with E-state index in [4.69, 9.17) is 14.8 Å². The van der Waals surface area contributed by atoms with Crippen LogP contribution in [0.5, 0.6) is 5.75 Å². The Morgan fingerprint density at radius 2 is 2.07 bits per heavy atom. The highest BCUT2D eigenvalue weighted by Gasteiger charge is 2.34. The number of aryl methyl sites for hydroxylation is 2. The van der Waals surface area contributed by atoms with Crippen molar-refractivity contribution in [1.82, 2.24) is 14.8 Å². The van der Waals surface area contributed by atoms with E-state index in [1.54, 1.807) is 16.0 Å². The lowest BCUT2D eigenvalue weighted by Gasteiger charge is -2.25. The highest BCUT2D eigenvalue weighted by Crippen LogP contribution is 2.43. The van der Waals surface area contributed by atoms with Crippen molar-refractivity contribution in [1.29, 1.82) is 0 Å². The second kappa shape index (κ2) is 7.25. The van der Waals surface area contributed by atoms with Gasteiger partial charge in [-0.1, -0.05) is 35.6 Å². The van der Waals surface area contributed by atoms with Crippen LogP contribution in [0.2, 0.25) is 0 Å². The number of amides is 1. The van der Waals surface area contributed by atoms with E-state index in [2.05, 4.69) is 24.4 Å². The van der Waals surface area contributed by atoms with E-state index < -0.39 is 0 Å². The van der Waals surface area contributed by atoms with E-state index in [1.165, 1.54) is 5.56 Å². The van der Waals surface area contributed by atoms with Crippen molar-refractivity contribution in [3.63, 3.8) is 0 Å². The number of aromatic nitrogens is 3. The van der Waals surface area contributed by atoms with Crippen LogP contribution in [-0.4, -0.2) is 27.3 Å². The Balaban J connectivity index is 1.66. The molecule has 0 bridgehead atoms. The Morgan fingerprint density at radius 3 is 2.90 bits per heavy atom. The quantitative estimate of drug-likeness (QED) is 0.508. The molecule has 0 radical (unpaired) electrons. The monoisotopic (exact) mass is 418 g/mol. The predicted octanol–water partition coefficient (Wildman–Crippen LogP) is 4.97. The molecular formula is C23H22N4O2S. The van der Waals surface area contributed by atoms with Crippen molar-refractivity contribution in [2.45, 2.75) is 33.1 Å². The van der Waals surface area contributed by atoms with Gasteiger partial charge in [0.2, 0.25) is 11.0 Å². The van der Waals surface area contributed by atoms with E-state index in [9.17, 15) is 4.79 Å². The number of ether oxygens (including phenoxy) is 1. The van der Waals surface area contributed by atoms with Crippen LogP contribution in [0.25, 0.3) is 15.3 Å². The van der Waals surface area contributed by atoms with Crippen molar-refractivity contribution in [3.8, 4) is 10.9 Å².